The van der Waals surface area contributed by atoms with Gasteiger partial charge < -0.3 is 5.32 Å². The highest BCUT2D eigenvalue weighted by molar-refractivity contribution is 7.89. The van der Waals surface area contributed by atoms with Crippen LogP contribution in [0.15, 0.2) is 35.4 Å². The van der Waals surface area contributed by atoms with Gasteiger partial charge in [-0.25, -0.2) is 13.1 Å². The second kappa shape index (κ2) is 7.94. The Morgan fingerprint density at radius 3 is 2.65 bits per heavy atom. The maximum Gasteiger partial charge on any atom is 0.270 e. The molecule has 1 aromatic heterocycles. The number of hydrogen-bond acceptors (Lipinski definition) is 6. The predicted octanol–water partition coefficient (Wildman–Crippen LogP) is 1.68. The first-order valence-corrected chi connectivity index (χ1v) is 9.57. The second-order valence-corrected chi connectivity index (χ2v) is 8.62. The molecule has 2 aromatic rings. The third-order valence-corrected chi connectivity index (χ3v) is 5.17. The maximum absolute atomic E-state index is 12.2. The Morgan fingerprint density at radius 2 is 2.00 bits per heavy atom. The summed E-state index contributed by atoms with van der Waals surface area (Å²) in [6.45, 7) is 7.36. The van der Waals surface area contributed by atoms with Gasteiger partial charge in [0.1, 0.15) is 0 Å². The minimum Gasteiger partial charge on any atom is -0.311 e. The lowest BCUT2D eigenvalue weighted by Gasteiger charge is -2.18. The van der Waals surface area contributed by atoms with Crippen LogP contribution in [0.25, 0.3) is 0 Å². The lowest BCUT2D eigenvalue weighted by molar-refractivity contribution is -0.385. The van der Waals surface area contributed by atoms with Crippen LogP contribution in [0.1, 0.15) is 32.0 Å². The van der Waals surface area contributed by atoms with Gasteiger partial charge in [0.25, 0.3) is 5.69 Å². The summed E-state index contributed by atoms with van der Waals surface area (Å²) in [6.07, 6.45) is 1.75. The van der Waals surface area contributed by atoms with Crippen molar-refractivity contribution in [2.75, 3.05) is 13.1 Å². The first-order chi connectivity index (χ1) is 12.1. The van der Waals surface area contributed by atoms with Gasteiger partial charge in [0.05, 0.1) is 16.0 Å². The van der Waals surface area contributed by atoms with Crippen LogP contribution in [0.3, 0.4) is 0 Å². The summed E-state index contributed by atoms with van der Waals surface area (Å²) in [5.74, 6) is 0. The molecule has 9 nitrogen and oxygen atoms in total. The van der Waals surface area contributed by atoms with E-state index in [1.807, 2.05) is 0 Å². The van der Waals surface area contributed by atoms with Crippen LogP contribution in [0.4, 0.5) is 5.69 Å². The van der Waals surface area contributed by atoms with Crippen molar-refractivity contribution in [3.63, 3.8) is 0 Å². The number of nitro groups is 1. The highest BCUT2D eigenvalue weighted by atomic mass is 32.2. The molecule has 0 atom stereocenters. The molecule has 0 aliphatic rings. The number of nitro benzene ring substituents is 1. The van der Waals surface area contributed by atoms with Crippen molar-refractivity contribution in [3.8, 4) is 0 Å². The van der Waals surface area contributed by atoms with Crippen molar-refractivity contribution in [1.82, 2.24) is 20.2 Å². The van der Waals surface area contributed by atoms with E-state index in [0.717, 1.165) is 17.3 Å². The van der Waals surface area contributed by atoms with E-state index in [1.54, 1.807) is 6.20 Å². The molecule has 0 amide bonds. The van der Waals surface area contributed by atoms with Crippen LogP contribution in [-0.2, 0) is 22.0 Å². The fraction of sp³-hybridized carbons (Fsp3) is 0.438. The van der Waals surface area contributed by atoms with Crippen LogP contribution < -0.4 is 10.0 Å². The zero-order chi connectivity index (χ0) is 19.4. The Kier molecular flexibility index (Phi) is 6.11. The molecule has 0 aliphatic heterocycles. The Bertz CT molecular complexity index is 871. The Morgan fingerprint density at radius 1 is 1.27 bits per heavy atom. The predicted molar refractivity (Wildman–Crippen MR) is 97.3 cm³/mol. The molecule has 0 fully saturated rings. The van der Waals surface area contributed by atoms with Gasteiger partial charge in [0.2, 0.25) is 10.0 Å². The lowest BCUT2D eigenvalue weighted by atomic mass is 9.89. The van der Waals surface area contributed by atoms with Gasteiger partial charge in [-0.1, -0.05) is 26.8 Å². The number of non-ortho nitro benzene ring substituents is 1. The van der Waals surface area contributed by atoms with Crippen LogP contribution in [0, 0.1) is 10.1 Å². The number of nitrogens with one attached hydrogen (secondary N) is 3. The molecule has 0 radical (unpaired) electrons. The number of nitrogens with zero attached hydrogens (tertiary/aromatic N) is 2. The van der Waals surface area contributed by atoms with Crippen molar-refractivity contribution in [2.24, 2.45) is 0 Å². The van der Waals surface area contributed by atoms with Gasteiger partial charge in [0, 0.05) is 48.4 Å². The standard InChI is InChI=1S/C16H23N5O4S/c1-16(2,3)15-12(11-18-20-15)10-17-7-8-19-26(24,25)14-6-4-5-13(9-14)21(22)23/h4-6,9,11,17,19H,7-8,10H2,1-3H3,(H,18,20). The smallest absolute Gasteiger partial charge is 0.270 e. The largest absolute Gasteiger partial charge is 0.311 e. The Labute approximate surface area is 152 Å². The van der Waals surface area contributed by atoms with Crippen LogP contribution in [0.5, 0.6) is 0 Å². The summed E-state index contributed by atoms with van der Waals surface area (Å²) in [4.78, 5) is 10.0. The third-order valence-electron chi connectivity index (χ3n) is 3.72. The fourth-order valence-electron chi connectivity index (χ4n) is 2.44. The van der Waals surface area contributed by atoms with Crippen molar-refractivity contribution in [3.05, 3.63) is 51.8 Å². The van der Waals surface area contributed by atoms with Crippen molar-refractivity contribution in [1.29, 1.82) is 0 Å². The van der Waals surface area contributed by atoms with Crippen LogP contribution in [-0.4, -0.2) is 36.6 Å². The number of sulfonamides is 1. The number of rotatable bonds is 8. The molecule has 10 heteroatoms. The average molecular weight is 381 g/mol. The molecule has 142 valence electrons. The van der Waals surface area contributed by atoms with Crippen LogP contribution >= 0.6 is 0 Å². The molecule has 0 aliphatic carbocycles. The SMILES string of the molecule is CC(C)(C)c1[nH]ncc1CNCCNS(=O)(=O)c1cccc([N+](=O)[O-])c1. The van der Waals surface area contributed by atoms with E-state index in [0.29, 0.717) is 13.1 Å². The molecular formula is C16H23N5O4S. The quantitative estimate of drug-likeness (QED) is 0.362. The molecular weight excluding hydrogens is 358 g/mol. The number of aromatic amines is 1. The second-order valence-electron chi connectivity index (χ2n) is 6.85. The number of benzene rings is 1. The zero-order valence-electron chi connectivity index (χ0n) is 14.9. The topological polar surface area (TPSA) is 130 Å². The van der Waals surface area contributed by atoms with E-state index in [4.69, 9.17) is 0 Å². The molecule has 2 rings (SSSR count). The summed E-state index contributed by atoms with van der Waals surface area (Å²) in [6, 6.07) is 4.96. The first-order valence-electron chi connectivity index (χ1n) is 8.09. The summed E-state index contributed by atoms with van der Waals surface area (Å²) in [5, 5.41) is 21.0. The summed E-state index contributed by atoms with van der Waals surface area (Å²) >= 11 is 0. The molecule has 0 unspecified atom stereocenters. The van der Waals surface area contributed by atoms with Gasteiger partial charge in [0.15, 0.2) is 0 Å². The van der Waals surface area contributed by atoms with Gasteiger partial charge in [-0.3, -0.25) is 15.2 Å². The summed E-state index contributed by atoms with van der Waals surface area (Å²) in [7, 11) is -3.79. The highest BCUT2D eigenvalue weighted by Gasteiger charge is 2.20. The normalized spacial score (nSPS) is 12.3. The molecule has 0 saturated carbocycles. The number of hydrogen-bond donors (Lipinski definition) is 3. The van der Waals surface area contributed by atoms with Gasteiger partial charge >= 0.3 is 0 Å². The molecule has 1 aromatic carbocycles. The van der Waals surface area contributed by atoms with Crippen molar-refractivity contribution < 1.29 is 13.3 Å². The summed E-state index contributed by atoms with van der Waals surface area (Å²) in [5.41, 5.74) is 1.74. The third kappa shape index (κ3) is 5.10. The minimum absolute atomic E-state index is 0.0584. The maximum atomic E-state index is 12.2. The zero-order valence-corrected chi connectivity index (χ0v) is 15.8. The minimum atomic E-state index is -3.79. The number of aromatic nitrogens is 2. The Hall–Kier alpha value is -2.30. The molecule has 0 saturated heterocycles. The Balaban J connectivity index is 1.87. The van der Waals surface area contributed by atoms with Gasteiger partial charge in [-0.05, 0) is 6.07 Å². The lowest BCUT2D eigenvalue weighted by Crippen LogP contribution is -2.32. The molecule has 3 N–H and O–H groups in total. The van der Waals surface area contributed by atoms with Crippen LogP contribution in [0.2, 0.25) is 0 Å². The van der Waals surface area contributed by atoms with E-state index in [-0.39, 0.29) is 22.5 Å². The molecule has 26 heavy (non-hydrogen) atoms. The highest BCUT2D eigenvalue weighted by Crippen LogP contribution is 2.23. The van der Waals surface area contributed by atoms with Gasteiger partial charge in [-0.15, -0.1) is 0 Å². The van der Waals surface area contributed by atoms with E-state index < -0.39 is 14.9 Å². The van der Waals surface area contributed by atoms with Crippen molar-refractivity contribution >= 4 is 15.7 Å². The van der Waals surface area contributed by atoms with E-state index in [2.05, 4.69) is 41.0 Å². The van der Waals surface area contributed by atoms with E-state index >= 15 is 0 Å². The molecule has 0 bridgehead atoms. The molecule has 0 spiro atoms. The fourth-order valence-corrected chi connectivity index (χ4v) is 3.51. The molecule has 1 heterocycles. The monoisotopic (exact) mass is 381 g/mol. The van der Waals surface area contributed by atoms with E-state index in [9.17, 15) is 18.5 Å². The average Bonchev–Trinajstić information content (AvgIpc) is 3.03. The first kappa shape index (κ1) is 20.0. The van der Waals surface area contributed by atoms with Crippen molar-refractivity contribution in [2.45, 2.75) is 37.6 Å². The number of H-pyrrole nitrogens is 1. The van der Waals surface area contributed by atoms with E-state index in [1.165, 1.54) is 18.2 Å². The summed E-state index contributed by atoms with van der Waals surface area (Å²) < 4.78 is 26.8. The van der Waals surface area contributed by atoms with Gasteiger partial charge in [-0.2, -0.15) is 5.10 Å².